The van der Waals surface area contributed by atoms with Gasteiger partial charge < -0.3 is 4.42 Å². The Hall–Kier alpha value is -9.13. The standard InChI is InChI=1S/C61H39N5O/c1-4-15-40(16-5-1)42-29-31-43(32-30-42)54-39-55(63-59(62-54)51-33-34-53-52-27-10-11-28-56(52)67-57(53)38-51)48-24-12-22-46(35-48)47-23-14-26-50(37-47)61-65-58(44-19-8-3-9-20-44)64-60(66-61)49-25-13-21-45(36-49)41-17-6-2-7-18-41/h1-39H. The van der Waals surface area contributed by atoms with Gasteiger partial charge in [-0.3, -0.25) is 0 Å². The molecule has 6 nitrogen and oxygen atoms in total. The summed E-state index contributed by atoms with van der Waals surface area (Å²) in [4.78, 5) is 25.6. The Morgan fingerprint density at radius 2 is 0.582 bits per heavy atom. The maximum Gasteiger partial charge on any atom is 0.164 e. The molecule has 0 aliphatic carbocycles. The maximum absolute atomic E-state index is 6.32. The first kappa shape index (κ1) is 39.5. The number of nitrogens with zero attached hydrogens (tertiary/aromatic N) is 5. The summed E-state index contributed by atoms with van der Waals surface area (Å²) >= 11 is 0. The highest BCUT2D eigenvalue weighted by Gasteiger charge is 2.17. The predicted molar refractivity (Wildman–Crippen MR) is 272 cm³/mol. The third kappa shape index (κ3) is 7.94. The zero-order valence-corrected chi connectivity index (χ0v) is 36.2. The molecule has 3 aromatic heterocycles. The lowest BCUT2D eigenvalue weighted by Gasteiger charge is -2.12. The van der Waals surface area contributed by atoms with E-state index in [0.717, 1.165) is 94.5 Å². The van der Waals surface area contributed by atoms with Gasteiger partial charge in [0.1, 0.15) is 11.2 Å². The summed E-state index contributed by atoms with van der Waals surface area (Å²) in [5.74, 6) is 2.43. The van der Waals surface area contributed by atoms with Gasteiger partial charge in [-0.05, 0) is 75.8 Å². The summed E-state index contributed by atoms with van der Waals surface area (Å²) in [5, 5.41) is 2.14. The van der Waals surface area contributed by atoms with Gasteiger partial charge in [0.05, 0.1) is 11.4 Å². The molecular formula is C61H39N5O. The van der Waals surface area contributed by atoms with E-state index in [9.17, 15) is 0 Å². The Morgan fingerprint density at radius 3 is 1.21 bits per heavy atom. The quantitative estimate of drug-likeness (QED) is 0.144. The summed E-state index contributed by atoms with van der Waals surface area (Å²) < 4.78 is 6.32. The van der Waals surface area contributed by atoms with Crippen molar-refractivity contribution < 1.29 is 4.42 Å². The number of rotatable bonds is 9. The van der Waals surface area contributed by atoms with Crippen molar-refractivity contribution in [2.45, 2.75) is 0 Å². The van der Waals surface area contributed by atoms with E-state index in [4.69, 9.17) is 29.3 Å². The Morgan fingerprint density at radius 1 is 0.209 bits per heavy atom. The molecule has 0 spiro atoms. The van der Waals surface area contributed by atoms with Crippen LogP contribution < -0.4 is 0 Å². The molecule has 67 heavy (non-hydrogen) atoms. The van der Waals surface area contributed by atoms with E-state index in [-0.39, 0.29) is 0 Å². The Kier molecular flexibility index (Phi) is 10.1. The highest BCUT2D eigenvalue weighted by atomic mass is 16.3. The van der Waals surface area contributed by atoms with Crippen LogP contribution in [0.3, 0.4) is 0 Å². The van der Waals surface area contributed by atoms with Gasteiger partial charge in [-0.15, -0.1) is 0 Å². The molecule has 0 saturated heterocycles. The average Bonchev–Trinajstić information content (AvgIpc) is 3.80. The van der Waals surface area contributed by atoms with Crippen LogP contribution in [0, 0.1) is 0 Å². The van der Waals surface area contributed by atoms with Crippen molar-refractivity contribution >= 4 is 21.9 Å². The minimum atomic E-state index is 0.594. The largest absolute Gasteiger partial charge is 0.456 e. The fourth-order valence-electron chi connectivity index (χ4n) is 8.72. The summed E-state index contributed by atoms with van der Waals surface area (Å²) in [6, 6.07) is 81.2. The first-order valence-electron chi connectivity index (χ1n) is 22.3. The molecule has 9 aromatic carbocycles. The van der Waals surface area contributed by atoms with Crippen LogP contribution in [-0.2, 0) is 0 Å². The van der Waals surface area contributed by atoms with Crippen molar-refractivity contribution in [1.29, 1.82) is 0 Å². The molecule has 0 unspecified atom stereocenters. The molecule has 0 atom stereocenters. The summed E-state index contributed by atoms with van der Waals surface area (Å²) in [6.07, 6.45) is 0. The van der Waals surface area contributed by atoms with Crippen molar-refractivity contribution in [3.8, 4) is 101 Å². The number of para-hydroxylation sites is 1. The summed E-state index contributed by atoms with van der Waals surface area (Å²) in [7, 11) is 0. The van der Waals surface area contributed by atoms with Gasteiger partial charge >= 0.3 is 0 Å². The maximum atomic E-state index is 6.32. The summed E-state index contributed by atoms with van der Waals surface area (Å²) in [5.41, 5.74) is 15.4. The van der Waals surface area contributed by atoms with Gasteiger partial charge in [-0.25, -0.2) is 24.9 Å². The first-order valence-corrected chi connectivity index (χ1v) is 22.3. The minimum Gasteiger partial charge on any atom is -0.456 e. The molecule has 0 N–H and O–H groups in total. The van der Waals surface area contributed by atoms with Gasteiger partial charge in [0.15, 0.2) is 23.3 Å². The van der Waals surface area contributed by atoms with Crippen LogP contribution in [0.15, 0.2) is 241 Å². The van der Waals surface area contributed by atoms with Gasteiger partial charge in [0, 0.05) is 44.2 Å². The fourth-order valence-corrected chi connectivity index (χ4v) is 8.72. The van der Waals surface area contributed by atoms with Gasteiger partial charge in [-0.2, -0.15) is 0 Å². The third-order valence-electron chi connectivity index (χ3n) is 12.2. The van der Waals surface area contributed by atoms with Crippen LogP contribution in [-0.4, -0.2) is 24.9 Å². The lowest BCUT2D eigenvalue weighted by Crippen LogP contribution is -2.00. The monoisotopic (exact) mass is 857 g/mol. The number of hydrogen-bond acceptors (Lipinski definition) is 6. The van der Waals surface area contributed by atoms with E-state index in [1.165, 1.54) is 5.56 Å². The van der Waals surface area contributed by atoms with Gasteiger partial charge in [-0.1, -0.05) is 194 Å². The van der Waals surface area contributed by atoms with Crippen molar-refractivity contribution in [2.24, 2.45) is 0 Å². The number of hydrogen-bond donors (Lipinski definition) is 0. The molecular weight excluding hydrogens is 819 g/mol. The minimum absolute atomic E-state index is 0.594. The first-order chi connectivity index (χ1) is 33.1. The van der Waals surface area contributed by atoms with Crippen LogP contribution in [0.1, 0.15) is 0 Å². The zero-order valence-electron chi connectivity index (χ0n) is 36.2. The second-order valence-corrected chi connectivity index (χ2v) is 16.5. The van der Waals surface area contributed by atoms with Crippen LogP contribution >= 0.6 is 0 Å². The molecule has 6 heteroatoms. The lowest BCUT2D eigenvalue weighted by molar-refractivity contribution is 0.669. The second kappa shape index (κ2) is 17.1. The number of fused-ring (bicyclic) bond motifs is 3. The molecule has 12 rings (SSSR count). The Bertz CT molecular complexity index is 3740. The molecule has 0 radical (unpaired) electrons. The second-order valence-electron chi connectivity index (χ2n) is 16.5. The van der Waals surface area contributed by atoms with Gasteiger partial charge in [0.25, 0.3) is 0 Å². The molecule has 0 saturated carbocycles. The van der Waals surface area contributed by atoms with E-state index in [1.807, 2.05) is 60.7 Å². The van der Waals surface area contributed by atoms with Crippen LogP contribution in [0.25, 0.3) is 123 Å². The van der Waals surface area contributed by atoms with Crippen molar-refractivity contribution in [2.75, 3.05) is 0 Å². The molecule has 0 fully saturated rings. The molecule has 0 amide bonds. The molecule has 0 bridgehead atoms. The SMILES string of the molecule is c1ccc(-c2ccc(-c3cc(-c4cccc(-c5cccc(-c6nc(-c7ccccc7)nc(-c7cccc(-c8ccccc8)c7)n6)c5)c4)nc(-c4ccc5c(c4)oc4ccccc45)n3)cc2)cc1. The van der Waals surface area contributed by atoms with E-state index >= 15 is 0 Å². The van der Waals surface area contributed by atoms with Crippen molar-refractivity contribution in [1.82, 2.24) is 24.9 Å². The predicted octanol–water partition coefficient (Wildman–Crippen LogP) is 15.6. The fraction of sp³-hybridized carbons (Fsp3) is 0. The van der Waals surface area contributed by atoms with Crippen molar-refractivity contribution in [3.63, 3.8) is 0 Å². The topological polar surface area (TPSA) is 77.6 Å². The lowest BCUT2D eigenvalue weighted by atomic mass is 9.98. The van der Waals surface area contributed by atoms with Crippen LogP contribution in [0.4, 0.5) is 0 Å². The number of aromatic nitrogens is 5. The Labute approximate surface area is 387 Å². The van der Waals surface area contributed by atoms with Crippen LogP contribution in [0.2, 0.25) is 0 Å². The normalized spacial score (nSPS) is 11.3. The summed E-state index contributed by atoms with van der Waals surface area (Å²) in [6.45, 7) is 0. The van der Waals surface area contributed by atoms with E-state index in [2.05, 4.69) is 176 Å². The molecule has 0 aliphatic heterocycles. The number of benzene rings is 9. The highest BCUT2D eigenvalue weighted by Crippen LogP contribution is 2.36. The van der Waals surface area contributed by atoms with E-state index in [0.29, 0.717) is 23.3 Å². The number of furan rings is 1. The van der Waals surface area contributed by atoms with E-state index in [1.54, 1.807) is 0 Å². The Balaban J connectivity index is 0.939. The van der Waals surface area contributed by atoms with Gasteiger partial charge in [0.2, 0.25) is 0 Å². The van der Waals surface area contributed by atoms with E-state index < -0.39 is 0 Å². The smallest absolute Gasteiger partial charge is 0.164 e. The molecule has 3 heterocycles. The molecule has 314 valence electrons. The van der Waals surface area contributed by atoms with Crippen molar-refractivity contribution in [3.05, 3.63) is 237 Å². The third-order valence-corrected chi connectivity index (χ3v) is 12.2. The molecule has 12 aromatic rings. The zero-order chi connectivity index (χ0) is 44.5. The van der Waals surface area contributed by atoms with Crippen LogP contribution in [0.5, 0.6) is 0 Å². The average molecular weight is 858 g/mol. The highest BCUT2D eigenvalue weighted by molar-refractivity contribution is 6.05. The molecule has 0 aliphatic rings.